The molecule has 1 saturated heterocycles. The monoisotopic (exact) mass is 396 g/mol. The maximum absolute atomic E-state index is 12.5. The highest BCUT2D eigenvalue weighted by molar-refractivity contribution is 9.10. The Morgan fingerprint density at radius 1 is 1.22 bits per heavy atom. The quantitative estimate of drug-likeness (QED) is 0.777. The van der Waals surface area contributed by atoms with Gasteiger partial charge in [-0.1, -0.05) is 15.9 Å². The lowest BCUT2D eigenvalue weighted by atomic mass is 10.1. The van der Waals surface area contributed by atoms with Gasteiger partial charge in [-0.2, -0.15) is 0 Å². The minimum atomic E-state index is -3.24. The Morgan fingerprint density at radius 2 is 1.96 bits per heavy atom. The summed E-state index contributed by atoms with van der Waals surface area (Å²) >= 11 is 3.34. The molecule has 1 aromatic carbocycles. The number of halogens is 1. The summed E-state index contributed by atoms with van der Waals surface area (Å²) in [5.41, 5.74) is 1.27. The molecule has 1 aliphatic rings. The summed E-state index contributed by atoms with van der Waals surface area (Å²) in [6, 6.07) is 11.4. The number of benzene rings is 1. The molecule has 23 heavy (non-hydrogen) atoms. The van der Waals surface area contributed by atoms with Gasteiger partial charge in [0.05, 0.1) is 16.7 Å². The number of sulfone groups is 1. The van der Waals surface area contributed by atoms with Gasteiger partial charge in [0.1, 0.15) is 0 Å². The molecular weight excluding hydrogens is 376 g/mol. The van der Waals surface area contributed by atoms with Gasteiger partial charge < -0.3 is 4.57 Å². The normalized spacial score (nSPS) is 19.3. The molecule has 0 radical (unpaired) electrons. The van der Waals surface area contributed by atoms with Crippen LogP contribution in [0, 0.1) is 0 Å². The zero-order chi connectivity index (χ0) is 16.4. The smallest absolute Gasteiger partial charge is 0.179 e. The average molecular weight is 397 g/mol. The average Bonchev–Trinajstić information content (AvgIpc) is 3.14. The summed E-state index contributed by atoms with van der Waals surface area (Å²) in [5.74, 6) is 0.162. The number of hydrogen-bond acceptors (Lipinski definition) is 3. The van der Waals surface area contributed by atoms with Gasteiger partial charge in [-0.3, -0.25) is 4.90 Å². The molecule has 3 rings (SSSR count). The molecule has 1 unspecified atom stereocenters. The van der Waals surface area contributed by atoms with Crippen LogP contribution in [-0.2, 0) is 16.9 Å². The topological polar surface area (TPSA) is 42.3 Å². The minimum Gasteiger partial charge on any atom is -0.353 e. The van der Waals surface area contributed by atoms with E-state index in [1.807, 2.05) is 19.3 Å². The lowest BCUT2D eigenvalue weighted by Crippen LogP contribution is -2.30. The molecule has 0 spiro atoms. The van der Waals surface area contributed by atoms with E-state index in [1.165, 1.54) is 5.69 Å². The van der Waals surface area contributed by atoms with Crippen LogP contribution < -0.4 is 0 Å². The van der Waals surface area contributed by atoms with Crippen molar-refractivity contribution in [1.82, 2.24) is 9.47 Å². The lowest BCUT2D eigenvalue weighted by molar-refractivity contribution is 0.264. The van der Waals surface area contributed by atoms with Crippen LogP contribution in [0.1, 0.15) is 24.6 Å². The predicted molar refractivity (Wildman–Crippen MR) is 95.2 cm³/mol. The van der Waals surface area contributed by atoms with Crippen LogP contribution >= 0.6 is 15.9 Å². The third-order valence-electron chi connectivity index (χ3n) is 4.51. The van der Waals surface area contributed by atoms with Crippen molar-refractivity contribution in [2.75, 3.05) is 18.8 Å². The van der Waals surface area contributed by atoms with Crippen molar-refractivity contribution in [1.29, 1.82) is 0 Å². The van der Waals surface area contributed by atoms with Crippen molar-refractivity contribution in [2.45, 2.75) is 23.8 Å². The summed E-state index contributed by atoms with van der Waals surface area (Å²) < 4.78 is 28.0. The van der Waals surface area contributed by atoms with E-state index in [4.69, 9.17) is 0 Å². The van der Waals surface area contributed by atoms with Crippen LogP contribution in [0.2, 0.25) is 0 Å². The summed E-state index contributed by atoms with van der Waals surface area (Å²) in [6.45, 7) is 1.54. The van der Waals surface area contributed by atoms with Crippen LogP contribution in [-0.4, -0.2) is 36.7 Å². The van der Waals surface area contributed by atoms with E-state index in [0.717, 1.165) is 23.9 Å². The molecule has 0 saturated carbocycles. The van der Waals surface area contributed by atoms with Crippen LogP contribution in [0.25, 0.3) is 0 Å². The molecule has 1 aliphatic heterocycles. The Balaban J connectivity index is 1.69. The number of likely N-dealkylation sites (tertiary alicyclic amines) is 1. The fourth-order valence-corrected chi connectivity index (χ4v) is 4.77. The Morgan fingerprint density at radius 3 is 2.61 bits per heavy atom. The molecule has 0 amide bonds. The van der Waals surface area contributed by atoms with Crippen molar-refractivity contribution in [3.05, 3.63) is 52.8 Å². The molecule has 124 valence electrons. The second-order valence-corrected chi connectivity index (χ2v) is 9.04. The first-order valence-electron chi connectivity index (χ1n) is 7.81. The van der Waals surface area contributed by atoms with Gasteiger partial charge in [0, 0.05) is 30.0 Å². The van der Waals surface area contributed by atoms with E-state index in [2.05, 4.69) is 31.5 Å². The lowest BCUT2D eigenvalue weighted by Gasteiger charge is -2.25. The van der Waals surface area contributed by atoms with Gasteiger partial charge in [0.2, 0.25) is 0 Å². The van der Waals surface area contributed by atoms with Crippen LogP contribution in [0.3, 0.4) is 0 Å². The summed E-state index contributed by atoms with van der Waals surface area (Å²) in [7, 11) is -1.19. The predicted octanol–water partition coefficient (Wildman–Crippen LogP) is 3.40. The van der Waals surface area contributed by atoms with Crippen LogP contribution in [0.5, 0.6) is 0 Å². The maximum atomic E-state index is 12.5. The van der Waals surface area contributed by atoms with Gasteiger partial charge in [0.25, 0.3) is 0 Å². The van der Waals surface area contributed by atoms with Crippen molar-refractivity contribution in [3.63, 3.8) is 0 Å². The van der Waals surface area contributed by atoms with Crippen molar-refractivity contribution < 1.29 is 8.42 Å². The number of rotatable bonds is 5. The third-order valence-corrected chi connectivity index (χ3v) is 6.75. The molecule has 0 N–H and O–H groups in total. The highest BCUT2D eigenvalue weighted by Crippen LogP contribution is 2.31. The summed E-state index contributed by atoms with van der Waals surface area (Å²) in [4.78, 5) is 2.70. The minimum absolute atomic E-state index is 0.162. The first-order chi connectivity index (χ1) is 11.0. The highest BCUT2D eigenvalue weighted by atomic mass is 79.9. The van der Waals surface area contributed by atoms with Gasteiger partial charge in [-0.25, -0.2) is 8.42 Å². The van der Waals surface area contributed by atoms with Crippen molar-refractivity contribution >= 4 is 25.8 Å². The number of nitrogens with zero attached hydrogens (tertiary/aromatic N) is 2. The van der Waals surface area contributed by atoms with Gasteiger partial charge in [0.15, 0.2) is 9.84 Å². The molecular formula is C17H21BrN2O2S. The zero-order valence-electron chi connectivity index (χ0n) is 13.2. The fourth-order valence-electron chi connectivity index (χ4n) is 3.25. The van der Waals surface area contributed by atoms with E-state index in [9.17, 15) is 8.42 Å². The van der Waals surface area contributed by atoms with Crippen molar-refractivity contribution in [3.8, 4) is 0 Å². The number of aryl methyl sites for hydroxylation is 1. The SMILES string of the molecule is Cn1cccc1C1CCCN1CCS(=O)(=O)c1ccc(Br)cc1. The molecule has 6 heteroatoms. The molecule has 4 nitrogen and oxygen atoms in total. The Bertz CT molecular complexity index is 768. The van der Waals surface area contributed by atoms with E-state index in [0.29, 0.717) is 17.5 Å². The van der Waals surface area contributed by atoms with Crippen molar-refractivity contribution in [2.24, 2.45) is 7.05 Å². The second-order valence-electron chi connectivity index (χ2n) is 6.01. The highest BCUT2D eigenvalue weighted by Gasteiger charge is 2.28. The largest absolute Gasteiger partial charge is 0.353 e. The maximum Gasteiger partial charge on any atom is 0.179 e. The number of hydrogen-bond donors (Lipinski definition) is 0. The fraction of sp³-hybridized carbons (Fsp3) is 0.412. The molecule has 2 heterocycles. The first-order valence-corrected chi connectivity index (χ1v) is 10.3. The Labute approximate surface area is 146 Å². The Hall–Kier alpha value is -1.11. The zero-order valence-corrected chi connectivity index (χ0v) is 15.6. The molecule has 0 aliphatic carbocycles. The summed E-state index contributed by atoms with van der Waals surface area (Å²) in [5, 5.41) is 0. The van der Waals surface area contributed by atoms with E-state index in [1.54, 1.807) is 24.3 Å². The Kier molecular flexibility index (Phi) is 4.94. The molecule has 1 atom stereocenters. The molecule has 0 bridgehead atoms. The summed E-state index contributed by atoms with van der Waals surface area (Å²) in [6.07, 6.45) is 4.26. The molecule has 1 fully saturated rings. The molecule has 1 aromatic heterocycles. The number of aromatic nitrogens is 1. The second kappa shape index (κ2) is 6.79. The van der Waals surface area contributed by atoms with Crippen LogP contribution in [0.4, 0.5) is 0 Å². The van der Waals surface area contributed by atoms with E-state index in [-0.39, 0.29) is 5.75 Å². The third kappa shape index (κ3) is 3.70. The van der Waals surface area contributed by atoms with E-state index < -0.39 is 9.84 Å². The van der Waals surface area contributed by atoms with Gasteiger partial charge in [-0.05, 0) is 55.8 Å². The first kappa shape index (κ1) is 16.7. The van der Waals surface area contributed by atoms with Gasteiger partial charge >= 0.3 is 0 Å². The van der Waals surface area contributed by atoms with Gasteiger partial charge in [-0.15, -0.1) is 0 Å². The standard InChI is InChI=1S/C17H21BrN2O2S/c1-19-10-2-4-16(19)17-5-3-11-20(17)12-13-23(21,22)15-8-6-14(18)7-9-15/h2,4,6-10,17H,3,5,11-13H2,1H3. The molecule has 2 aromatic rings. The van der Waals surface area contributed by atoms with Crippen LogP contribution in [0.15, 0.2) is 52.0 Å². The van der Waals surface area contributed by atoms with E-state index >= 15 is 0 Å².